The SMILES string of the molecule is CCC(CN1CC=NC1C)Oc1c(Cc2ccc(F)cc2)cnc2c(O)c(C(=O)NC)c(=O)[nH]c12. The Bertz CT molecular complexity index is 1320. The number of aromatic hydroxyl groups is 1. The molecule has 0 bridgehead atoms. The van der Waals surface area contributed by atoms with Crippen LogP contribution in [-0.4, -0.2) is 64.5 Å². The molecule has 0 fully saturated rings. The van der Waals surface area contributed by atoms with Crippen molar-refractivity contribution in [1.29, 1.82) is 0 Å². The lowest BCUT2D eigenvalue weighted by Crippen LogP contribution is -2.38. The van der Waals surface area contributed by atoms with Gasteiger partial charge in [0.1, 0.15) is 28.5 Å². The maximum absolute atomic E-state index is 13.4. The number of aliphatic imine (C=N–C) groups is 1. The first-order valence-electron chi connectivity index (χ1n) is 11.5. The third kappa shape index (κ3) is 5.02. The van der Waals surface area contributed by atoms with Crippen molar-refractivity contribution < 1.29 is 19.0 Å². The standard InChI is InChI=1S/C25H28FN5O4/c1-4-18(13-31-10-9-28-14(31)2)35-23-16(11-15-5-7-17(26)8-6-15)12-29-20-21(23)30-25(34)19(22(20)32)24(33)27-3/h5-9,12,14,18H,4,10-11,13H2,1-3H3,(H,27,33)(H2,30,32,34). The molecule has 0 spiro atoms. The fourth-order valence-corrected chi connectivity index (χ4v) is 4.11. The number of aromatic amines is 1. The molecule has 1 aliphatic rings. The molecule has 35 heavy (non-hydrogen) atoms. The Labute approximate surface area is 201 Å². The number of hydrogen-bond donors (Lipinski definition) is 3. The number of amides is 1. The van der Waals surface area contributed by atoms with Gasteiger partial charge in [0, 0.05) is 44.5 Å². The Morgan fingerprint density at radius 1 is 1.37 bits per heavy atom. The zero-order valence-electron chi connectivity index (χ0n) is 19.8. The van der Waals surface area contributed by atoms with E-state index in [9.17, 15) is 19.1 Å². The van der Waals surface area contributed by atoms with Gasteiger partial charge in [-0.15, -0.1) is 0 Å². The quantitative estimate of drug-likeness (QED) is 0.455. The Kier molecular flexibility index (Phi) is 7.11. The molecule has 1 aromatic carbocycles. The molecule has 3 aromatic rings. The van der Waals surface area contributed by atoms with E-state index in [2.05, 4.69) is 25.2 Å². The normalized spacial score (nSPS) is 16.5. The predicted molar refractivity (Wildman–Crippen MR) is 131 cm³/mol. The number of nitrogens with zero attached hydrogens (tertiary/aromatic N) is 3. The Morgan fingerprint density at radius 2 is 2.11 bits per heavy atom. The van der Waals surface area contributed by atoms with Crippen LogP contribution in [0.1, 0.15) is 41.8 Å². The number of pyridine rings is 2. The van der Waals surface area contributed by atoms with Crippen molar-refractivity contribution in [2.75, 3.05) is 20.1 Å². The van der Waals surface area contributed by atoms with E-state index in [-0.39, 0.29) is 29.1 Å². The number of halogens is 1. The van der Waals surface area contributed by atoms with Crippen LogP contribution in [0.5, 0.6) is 11.5 Å². The first kappa shape index (κ1) is 24.3. The third-order valence-electron chi connectivity index (χ3n) is 6.14. The smallest absolute Gasteiger partial charge is 0.265 e. The first-order chi connectivity index (χ1) is 16.8. The summed E-state index contributed by atoms with van der Waals surface area (Å²) in [5.41, 5.74) is 0.545. The number of ether oxygens (including phenoxy) is 1. The van der Waals surface area contributed by atoms with E-state index >= 15 is 0 Å². The number of carbonyl (C=O) groups is 1. The van der Waals surface area contributed by atoms with Gasteiger partial charge in [-0.05, 0) is 31.0 Å². The van der Waals surface area contributed by atoms with E-state index in [1.165, 1.54) is 19.2 Å². The molecule has 9 nitrogen and oxygen atoms in total. The summed E-state index contributed by atoms with van der Waals surface area (Å²) in [5.74, 6) is -1.23. The summed E-state index contributed by atoms with van der Waals surface area (Å²) >= 11 is 0. The molecule has 1 aliphatic heterocycles. The van der Waals surface area contributed by atoms with E-state index in [1.807, 2.05) is 20.1 Å². The molecule has 184 valence electrons. The van der Waals surface area contributed by atoms with Crippen molar-refractivity contribution in [3.63, 3.8) is 0 Å². The number of carbonyl (C=O) groups excluding carboxylic acids is 1. The van der Waals surface area contributed by atoms with Gasteiger partial charge in [-0.2, -0.15) is 0 Å². The van der Waals surface area contributed by atoms with Gasteiger partial charge in [0.15, 0.2) is 11.5 Å². The van der Waals surface area contributed by atoms with Crippen LogP contribution in [0.15, 0.2) is 40.2 Å². The van der Waals surface area contributed by atoms with Crippen molar-refractivity contribution in [3.8, 4) is 11.5 Å². The van der Waals surface area contributed by atoms with Crippen LogP contribution in [-0.2, 0) is 6.42 Å². The highest BCUT2D eigenvalue weighted by Gasteiger charge is 2.26. The Balaban J connectivity index is 1.81. The number of nitrogens with one attached hydrogen (secondary N) is 2. The van der Waals surface area contributed by atoms with Crippen LogP contribution in [0.25, 0.3) is 11.0 Å². The lowest BCUT2D eigenvalue weighted by molar-refractivity contribution is 0.0959. The summed E-state index contributed by atoms with van der Waals surface area (Å²) in [4.78, 5) is 38.5. The topological polar surface area (TPSA) is 120 Å². The molecule has 2 aromatic heterocycles. The fraction of sp³-hybridized carbons (Fsp3) is 0.360. The summed E-state index contributed by atoms with van der Waals surface area (Å²) in [6.07, 6.45) is 4.24. The maximum atomic E-state index is 13.4. The number of benzene rings is 1. The minimum absolute atomic E-state index is 0.0412. The first-order valence-corrected chi connectivity index (χ1v) is 11.5. The molecule has 10 heteroatoms. The second-order valence-electron chi connectivity index (χ2n) is 8.46. The number of rotatable bonds is 8. The van der Waals surface area contributed by atoms with E-state index in [1.54, 1.807) is 18.3 Å². The van der Waals surface area contributed by atoms with Crippen molar-refractivity contribution in [2.24, 2.45) is 4.99 Å². The highest BCUT2D eigenvalue weighted by Crippen LogP contribution is 2.34. The Morgan fingerprint density at radius 3 is 2.74 bits per heavy atom. The van der Waals surface area contributed by atoms with Crippen LogP contribution in [0.2, 0.25) is 0 Å². The molecule has 2 atom stereocenters. The molecular formula is C25H28FN5O4. The number of aromatic nitrogens is 2. The summed E-state index contributed by atoms with van der Waals surface area (Å²) in [6.45, 7) is 5.32. The molecule has 0 aliphatic carbocycles. The Hall–Kier alpha value is -3.79. The van der Waals surface area contributed by atoms with Crippen LogP contribution in [0, 0.1) is 5.82 Å². The molecule has 4 rings (SSSR count). The molecule has 0 saturated heterocycles. The molecule has 0 radical (unpaired) electrons. The fourth-order valence-electron chi connectivity index (χ4n) is 4.11. The van der Waals surface area contributed by atoms with Gasteiger partial charge < -0.3 is 20.1 Å². The summed E-state index contributed by atoms with van der Waals surface area (Å²) in [7, 11) is 1.37. The number of H-pyrrole nitrogens is 1. The summed E-state index contributed by atoms with van der Waals surface area (Å²) in [5, 5.41) is 13.1. The van der Waals surface area contributed by atoms with Gasteiger partial charge >= 0.3 is 0 Å². The molecule has 3 heterocycles. The van der Waals surface area contributed by atoms with Crippen molar-refractivity contribution in [2.45, 2.75) is 39.0 Å². The summed E-state index contributed by atoms with van der Waals surface area (Å²) < 4.78 is 19.9. The van der Waals surface area contributed by atoms with E-state index in [0.717, 1.165) is 5.56 Å². The van der Waals surface area contributed by atoms with Gasteiger partial charge in [-0.3, -0.25) is 24.5 Å². The third-order valence-corrected chi connectivity index (χ3v) is 6.14. The van der Waals surface area contributed by atoms with Crippen LogP contribution in [0.4, 0.5) is 4.39 Å². The maximum Gasteiger partial charge on any atom is 0.265 e. The second kappa shape index (κ2) is 10.2. The van der Waals surface area contributed by atoms with E-state index in [4.69, 9.17) is 4.74 Å². The monoisotopic (exact) mass is 481 g/mol. The minimum Gasteiger partial charge on any atom is -0.505 e. The highest BCUT2D eigenvalue weighted by atomic mass is 19.1. The number of fused-ring (bicyclic) bond motifs is 1. The zero-order valence-corrected chi connectivity index (χ0v) is 19.8. The average molecular weight is 482 g/mol. The van der Waals surface area contributed by atoms with Crippen LogP contribution < -0.4 is 15.6 Å². The van der Waals surface area contributed by atoms with E-state index < -0.39 is 22.8 Å². The lowest BCUT2D eigenvalue weighted by atomic mass is 10.0. The largest absolute Gasteiger partial charge is 0.505 e. The number of hydrogen-bond acceptors (Lipinski definition) is 7. The second-order valence-corrected chi connectivity index (χ2v) is 8.46. The molecular weight excluding hydrogens is 453 g/mol. The molecule has 3 N–H and O–H groups in total. The predicted octanol–water partition coefficient (Wildman–Crippen LogP) is 2.61. The van der Waals surface area contributed by atoms with Gasteiger partial charge in [-0.1, -0.05) is 19.1 Å². The summed E-state index contributed by atoms with van der Waals surface area (Å²) in [6, 6.07) is 6.08. The van der Waals surface area contributed by atoms with Gasteiger partial charge in [0.25, 0.3) is 11.5 Å². The average Bonchev–Trinajstić information content (AvgIpc) is 3.25. The van der Waals surface area contributed by atoms with Crippen LogP contribution in [0.3, 0.4) is 0 Å². The van der Waals surface area contributed by atoms with E-state index in [0.29, 0.717) is 37.2 Å². The molecule has 2 unspecified atom stereocenters. The molecule has 0 saturated carbocycles. The van der Waals surface area contributed by atoms with Crippen molar-refractivity contribution in [3.05, 3.63) is 63.3 Å². The van der Waals surface area contributed by atoms with Gasteiger partial charge in [-0.25, -0.2) is 4.39 Å². The van der Waals surface area contributed by atoms with Gasteiger partial charge in [0.05, 0.1) is 6.17 Å². The van der Waals surface area contributed by atoms with Crippen LogP contribution >= 0.6 is 0 Å². The zero-order chi connectivity index (χ0) is 25.1. The lowest BCUT2D eigenvalue weighted by Gasteiger charge is -2.27. The van der Waals surface area contributed by atoms with Gasteiger partial charge in [0.2, 0.25) is 0 Å². The van der Waals surface area contributed by atoms with Crippen molar-refractivity contribution in [1.82, 2.24) is 20.2 Å². The highest BCUT2D eigenvalue weighted by molar-refractivity contribution is 6.02. The van der Waals surface area contributed by atoms with Crippen molar-refractivity contribution >= 4 is 23.2 Å². The molecule has 1 amide bonds. The minimum atomic E-state index is -0.755.